The van der Waals surface area contributed by atoms with Crippen molar-refractivity contribution < 1.29 is 12.8 Å². The topological polar surface area (TPSA) is 114 Å². The van der Waals surface area contributed by atoms with Crippen LogP contribution in [0.2, 0.25) is 0 Å². The molecule has 0 saturated heterocycles. The van der Waals surface area contributed by atoms with Gasteiger partial charge in [-0.15, -0.1) is 0 Å². The highest BCUT2D eigenvalue weighted by molar-refractivity contribution is 7.89. The molecule has 1 aromatic heterocycles. The number of aromatic nitrogens is 3. The fourth-order valence-electron chi connectivity index (χ4n) is 1.63. The molecule has 0 aliphatic heterocycles. The summed E-state index contributed by atoms with van der Waals surface area (Å²) in [5.74, 6) is -0.199. The van der Waals surface area contributed by atoms with Crippen molar-refractivity contribution in [2.45, 2.75) is 17.7 Å². The summed E-state index contributed by atoms with van der Waals surface area (Å²) in [6.07, 6.45) is 2.45. The third kappa shape index (κ3) is 3.52. The number of anilines is 1. The molecule has 7 nitrogen and oxygen atoms in total. The van der Waals surface area contributed by atoms with Crippen LogP contribution in [-0.2, 0) is 16.4 Å². The van der Waals surface area contributed by atoms with Crippen molar-refractivity contribution in [3.63, 3.8) is 0 Å². The van der Waals surface area contributed by atoms with Gasteiger partial charge in [-0.05, 0) is 24.6 Å². The van der Waals surface area contributed by atoms with E-state index in [4.69, 9.17) is 5.73 Å². The molecular weight excluding hydrogens is 285 g/mol. The monoisotopic (exact) mass is 299 g/mol. The van der Waals surface area contributed by atoms with Gasteiger partial charge in [0, 0.05) is 18.7 Å². The first-order valence-electron chi connectivity index (χ1n) is 5.88. The maximum absolute atomic E-state index is 13.6. The highest BCUT2D eigenvalue weighted by Crippen LogP contribution is 2.16. The van der Waals surface area contributed by atoms with Crippen LogP contribution in [0.1, 0.15) is 12.2 Å². The van der Waals surface area contributed by atoms with E-state index in [0.717, 1.165) is 12.1 Å². The first-order chi connectivity index (χ1) is 9.49. The molecule has 20 heavy (non-hydrogen) atoms. The van der Waals surface area contributed by atoms with Gasteiger partial charge >= 0.3 is 0 Å². The second-order valence-corrected chi connectivity index (χ2v) is 5.86. The van der Waals surface area contributed by atoms with Crippen LogP contribution < -0.4 is 10.5 Å². The number of aryl methyl sites for hydroxylation is 1. The van der Waals surface area contributed by atoms with Gasteiger partial charge in [-0.25, -0.2) is 22.5 Å². The molecule has 0 radical (unpaired) electrons. The average Bonchev–Trinajstić information content (AvgIpc) is 2.87. The fourth-order valence-corrected chi connectivity index (χ4v) is 2.76. The number of nitrogens with two attached hydrogens (primary N) is 1. The number of aromatic amines is 1. The Morgan fingerprint density at radius 3 is 2.85 bits per heavy atom. The Morgan fingerprint density at radius 1 is 1.40 bits per heavy atom. The van der Waals surface area contributed by atoms with Gasteiger partial charge in [0.05, 0.1) is 0 Å². The summed E-state index contributed by atoms with van der Waals surface area (Å²) in [6, 6.07) is 3.46. The van der Waals surface area contributed by atoms with Crippen molar-refractivity contribution in [2.75, 3.05) is 12.3 Å². The maximum Gasteiger partial charge on any atom is 0.243 e. The van der Waals surface area contributed by atoms with Gasteiger partial charge in [-0.3, -0.25) is 5.10 Å². The molecule has 1 aromatic carbocycles. The fraction of sp³-hybridized carbons (Fsp3) is 0.273. The van der Waals surface area contributed by atoms with Gasteiger partial charge in [0.15, 0.2) is 0 Å². The zero-order valence-electron chi connectivity index (χ0n) is 10.5. The molecule has 0 amide bonds. The molecule has 0 aliphatic carbocycles. The van der Waals surface area contributed by atoms with E-state index in [1.54, 1.807) is 0 Å². The van der Waals surface area contributed by atoms with Crippen molar-refractivity contribution in [1.82, 2.24) is 19.9 Å². The van der Waals surface area contributed by atoms with Crippen LogP contribution in [0.3, 0.4) is 0 Å². The number of benzene rings is 1. The molecule has 2 aromatic rings. The molecule has 0 unspecified atom stereocenters. The lowest BCUT2D eigenvalue weighted by Crippen LogP contribution is -2.26. The third-order valence-corrected chi connectivity index (χ3v) is 4.09. The third-order valence-electron chi connectivity index (χ3n) is 2.59. The molecule has 0 fully saturated rings. The van der Waals surface area contributed by atoms with Crippen LogP contribution in [0.5, 0.6) is 0 Å². The van der Waals surface area contributed by atoms with Crippen molar-refractivity contribution in [3.05, 3.63) is 36.2 Å². The summed E-state index contributed by atoms with van der Waals surface area (Å²) >= 11 is 0. The number of nitrogen functional groups attached to an aromatic ring is 1. The van der Waals surface area contributed by atoms with Gasteiger partial charge in [0.2, 0.25) is 10.0 Å². The molecule has 0 bridgehead atoms. The Morgan fingerprint density at radius 2 is 2.20 bits per heavy atom. The zero-order chi connectivity index (χ0) is 14.6. The molecule has 108 valence electrons. The standard InChI is InChI=1S/C11H14FN5O2S/c12-9-6-8(13)3-4-10(9)20(18,19)16-5-1-2-11-14-7-15-17-11/h3-4,6-7,16H,1-2,5,13H2,(H,14,15,17). The number of rotatable bonds is 6. The summed E-state index contributed by atoms with van der Waals surface area (Å²) < 4.78 is 39.7. The lowest BCUT2D eigenvalue weighted by molar-refractivity contribution is 0.555. The summed E-state index contributed by atoms with van der Waals surface area (Å²) in [4.78, 5) is 3.50. The van der Waals surface area contributed by atoms with E-state index in [2.05, 4.69) is 19.9 Å². The number of hydrogen-bond acceptors (Lipinski definition) is 5. The van der Waals surface area contributed by atoms with E-state index < -0.39 is 20.7 Å². The number of hydrogen-bond donors (Lipinski definition) is 3. The second-order valence-electron chi connectivity index (χ2n) is 4.12. The minimum atomic E-state index is -3.88. The maximum atomic E-state index is 13.6. The van der Waals surface area contributed by atoms with Gasteiger partial charge < -0.3 is 5.73 Å². The molecule has 4 N–H and O–H groups in total. The first-order valence-corrected chi connectivity index (χ1v) is 7.36. The lowest BCUT2D eigenvalue weighted by atomic mass is 10.3. The predicted molar refractivity (Wildman–Crippen MR) is 70.7 cm³/mol. The normalized spacial score (nSPS) is 11.7. The van der Waals surface area contributed by atoms with E-state index in [1.807, 2.05) is 0 Å². The van der Waals surface area contributed by atoms with Crippen LogP contribution in [0.15, 0.2) is 29.4 Å². The van der Waals surface area contributed by atoms with E-state index >= 15 is 0 Å². The molecule has 0 spiro atoms. The Bertz CT molecular complexity index is 672. The quantitative estimate of drug-likeness (QED) is 0.529. The van der Waals surface area contributed by atoms with Crippen LogP contribution in [-0.4, -0.2) is 30.1 Å². The van der Waals surface area contributed by atoms with Gasteiger partial charge in [0.1, 0.15) is 22.9 Å². The second kappa shape index (κ2) is 5.97. The van der Waals surface area contributed by atoms with Crippen LogP contribution in [0.25, 0.3) is 0 Å². The zero-order valence-corrected chi connectivity index (χ0v) is 11.3. The number of halogens is 1. The highest BCUT2D eigenvalue weighted by Gasteiger charge is 2.18. The van der Waals surface area contributed by atoms with Crippen molar-refractivity contribution >= 4 is 15.7 Å². The lowest BCUT2D eigenvalue weighted by Gasteiger charge is -2.07. The van der Waals surface area contributed by atoms with Crippen LogP contribution in [0, 0.1) is 5.82 Å². The Balaban J connectivity index is 1.93. The molecule has 9 heteroatoms. The molecular formula is C11H14FN5O2S. The number of H-pyrrole nitrogens is 1. The summed E-state index contributed by atoms with van der Waals surface area (Å²) in [5, 5.41) is 6.35. The van der Waals surface area contributed by atoms with Crippen molar-refractivity contribution in [3.8, 4) is 0 Å². The van der Waals surface area contributed by atoms with E-state index in [1.165, 1.54) is 12.4 Å². The Labute approximate surface area is 115 Å². The minimum absolute atomic E-state index is 0.173. The first kappa shape index (κ1) is 14.4. The minimum Gasteiger partial charge on any atom is -0.399 e. The summed E-state index contributed by atoms with van der Waals surface area (Å²) in [6.45, 7) is 0.173. The molecule has 0 saturated carbocycles. The highest BCUT2D eigenvalue weighted by atomic mass is 32.2. The summed E-state index contributed by atoms with van der Waals surface area (Å²) in [7, 11) is -3.88. The number of nitrogens with one attached hydrogen (secondary N) is 2. The van der Waals surface area contributed by atoms with Crippen molar-refractivity contribution in [1.29, 1.82) is 0 Å². The van der Waals surface area contributed by atoms with Crippen LogP contribution in [0.4, 0.5) is 10.1 Å². The van der Waals surface area contributed by atoms with E-state index in [9.17, 15) is 12.8 Å². The Kier molecular flexibility index (Phi) is 4.30. The van der Waals surface area contributed by atoms with E-state index in [-0.39, 0.29) is 12.2 Å². The molecule has 0 atom stereocenters. The van der Waals surface area contributed by atoms with Crippen LogP contribution >= 0.6 is 0 Å². The molecule has 1 heterocycles. The molecule has 0 aliphatic rings. The van der Waals surface area contributed by atoms with Gasteiger partial charge in [0.25, 0.3) is 0 Å². The summed E-state index contributed by atoms with van der Waals surface area (Å²) in [5.41, 5.74) is 5.55. The number of nitrogens with zero attached hydrogens (tertiary/aromatic N) is 2. The van der Waals surface area contributed by atoms with Gasteiger partial charge in [-0.1, -0.05) is 0 Å². The smallest absolute Gasteiger partial charge is 0.243 e. The SMILES string of the molecule is Nc1ccc(S(=O)(=O)NCCCc2ncn[nH]2)c(F)c1. The van der Waals surface area contributed by atoms with Crippen molar-refractivity contribution in [2.24, 2.45) is 0 Å². The largest absolute Gasteiger partial charge is 0.399 e. The predicted octanol–water partition coefficient (Wildman–Crippen LogP) is 0.437. The average molecular weight is 299 g/mol. The molecule has 2 rings (SSSR count). The number of sulfonamides is 1. The van der Waals surface area contributed by atoms with E-state index in [0.29, 0.717) is 18.7 Å². The Hall–Kier alpha value is -2.00. The van der Waals surface area contributed by atoms with Gasteiger partial charge in [-0.2, -0.15) is 5.10 Å².